The number of aromatic nitrogens is 2. The van der Waals surface area contributed by atoms with E-state index in [2.05, 4.69) is 65.4 Å². The van der Waals surface area contributed by atoms with Gasteiger partial charge < -0.3 is 14.0 Å². The number of carbonyl (C=O) groups excluding carboxylic acids is 1. The highest BCUT2D eigenvalue weighted by Crippen LogP contribution is 2.34. The molecule has 1 amide bonds. The molecule has 4 rings (SSSR count). The van der Waals surface area contributed by atoms with Crippen LogP contribution in [0.4, 0.5) is 0 Å². The van der Waals surface area contributed by atoms with Gasteiger partial charge in [-0.2, -0.15) is 0 Å². The zero-order valence-corrected chi connectivity index (χ0v) is 17.0. The third kappa shape index (κ3) is 2.89. The quantitative estimate of drug-likeness (QED) is 0.462. The van der Waals surface area contributed by atoms with Crippen molar-refractivity contribution >= 4 is 27.8 Å². The Morgan fingerprint density at radius 2 is 1.68 bits per heavy atom. The molecular formula is C24H27N3O. The Bertz CT molecular complexity index is 1140. The molecule has 0 fully saturated rings. The first-order chi connectivity index (χ1) is 13.5. The van der Waals surface area contributed by atoms with Crippen LogP contribution in [0.15, 0.2) is 60.7 Å². The van der Waals surface area contributed by atoms with Gasteiger partial charge in [-0.15, -0.1) is 0 Å². The van der Waals surface area contributed by atoms with Crippen molar-refractivity contribution in [1.82, 2.24) is 14.0 Å². The highest BCUT2D eigenvalue weighted by Gasteiger charge is 2.23. The summed E-state index contributed by atoms with van der Waals surface area (Å²) >= 11 is 0. The Kier molecular flexibility index (Phi) is 4.71. The fourth-order valence-electron chi connectivity index (χ4n) is 4.16. The van der Waals surface area contributed by atoms with E-state index < -0.39 is 0 Å². The molecule has 4 heteroatoms. The molecule has 144 valence electrons. The Balaban J connectivity index is 1.81. The largest absolute Gasteiger partial charge is 0.338 e. The second-order valence-electron chi connectivity index (χ2n) is 7.61. The highest BCUT2D eigenvalue weighted by molar-refractivity contribution is 6.10. The molecule has 0 N–H and O–H groups in total. The van der Waals surface area contributed by atoms with Crippen molar-refractivity contribution in [3.8, 4) is 0 Å². The Morgan fingerprint density at radius 1 is 1.00 bits per heavy atom. The lowest BCUT2D eigenvalue weighted by Crippen LogP contribution is -2.31. The minimum Gasteiger partial charge on any atom is -0.338 e. The Hall–Kier alpha value is -3.01. The third-order valence-corrected chi connectivity index (χ3v) is 5.51. The molecule has 4 nitrogen and oxygen atoms in total. The van der Waals surface area contributed by atoms with Crippen LogP contribution in [0.3, 0.4) is 0 Å². The van der Waals surface area contributed by atoms with Gasteiger partial charge in [-0.25, -0.2) is 0 Å². The van der Waals surface area contributed by atoms with E-state index in [0.717, 1.165) is 22.3 Å². The summed E-state index contributed by atoms with van der Waals surface area (Å²) in [5, 5.41) is 1.19. The lowest BCUT2D eigenvalue weighted by atomic mass is 10.2. The van der Waals surface area contributed by atoms with E-state index in [9.17, 15) is 4.79 Å². The number of benzene rings is 2. The number of amides is 1. The molecule has 0 aliphatic heterocycles. The van der Waals surface area contributed by atoms with E-state index in [1.807, 2.05) is 37.1 Å². The number of para-hydroxylation sites is 1. The van der Waals surface area contributed by atoms with Crippen molar-refractivity contribution < 1.29 is 4.79 Å². The van der Waals surface area contributed by atoms with E-state index in [0.29, 0.717) is 19.1 Å². The molecule has 0 aliphatic rings. The highest BCUT2D eigenvalue weighted by atomic mass is 16.2. The van der Waals surface area contributed by atoms with Crippen molar-refractivity contribution in [2.45, 2.75) is 33.4 Å². The maximum atomic E-state index is 13.4. The van der Waals surface area contributed by atoms with Gasteiger partial charge in [0.2, 0.25) is 0 Å². The SMILES string of the molecule is CCN(Cc1ccccc1)C(=O)c1cc2c(c3ccccc3n2C(C)C)n1C. The predicted octanol–water partition coefficient (Wildman–Crippen LogP) is 5.38. The predicted molar refractivity (Wildman–Crippen MR) is 116 cm³/mol. The van der Waals surface area contributed by atoms with Gasteiger partial charge in [-0.3, -0.25) is 4.79 Å². The summed E-state index contributed by atoms with van der Waals surface area (Å²) in [5.74, 6) is 0.0736. The van der Waals surface area contributed by atoms with Gasteiger partial charge in [-0.05, 0) is 38.5 Å². The smallest absolute Gasteiger partial charge is 0.270 e. The lowest BCUT2D eigenvalue weighted by Gasteiger charge is -2.21. The van der Waals surface area contributed by atoms with Crippen LogP contribution in [0, 0.1) is 0 Å². The first-order valence-electron chi connectivity index (χ1n) is 9.94. The summed E-state index contributed by atoms with van der Waals surface area (Å²) in [6.07, 6.45) is 0. The number of hydrogen-bond acceptors (Lipinski definition) is 1. The van der Waals surface area contributed by atoms with Gasteiger partial charge in [0.05, 0.1) is 16.6 Å². The normalized spacial score (nSPS) is 11.6. The average molecular weight is 374 g/mol. The molecule has 0 atom stereocenters. The molecule has 2 heterocycles. The van der Waals surface area contributed by atoms with Crippen molar-refractivity contribution in [2.75, 3.05) is 6.54 Å². The Labute approximate surface area is 166 Å². The van der Waals surface area contributed by atoms with Gasteiger partial charge in [0.1, 0.15) is 5.69 Å². The van der Waals surface area contributed by atoms with E-state index in [-0.39, 0.29) is 5.91 Å². The number of carbonyl (C=O) groups is 1. The van der Waals surface area contributed by atoms with Crippen molar-refractivity contribution in [2.24, 2.45) is 7.05 Å². The summed E-state index contributed by atoms with van der Waals surface area (Å²) in [5.41, 5.74) is 5.35. The van der Waals surface area contributed by atoms with Crippen molar-refractivity contribution in [3.05, 3.63) is 71.9 Å². The minimum absolute atomic E-state index is 0.0736. The fraction of sp³-hybridized carbons (Fsp3) is 0.292. The standard InChI is InChI=1S/C24H27N3O/c1-5-26(16-18-11-7-6-8-12-18)24(28)22-15-21-23(25(22)4)19-13-9-10-14-20(19)27(21)17(2)3/h6-15,17H,5,16H2,1-4H3. The number of rotatable bonds is 5. The number of nitrogens with zero attached hydrogens (tertiary/aromatic N) is 3. The molecule has 4 aromatic rings. The van der Waals surface area contributed by atoms with Gasteiger partial charge in [0.25, 0.3) is 5.91 Å². The summed E-state index contributed by atoms with van der Waals surface area (Å²) < 4.78 is 4.39. The van der Waals surface area contributed by atoms with Crippen LogP contribution >= 0.6 is 0 Å². The molecule has 0 saturated heterocycles. The minimum atomic E-state index is 0.0736. The third-order valence-electron chi connectivity index (χ3n) is 5.51. The average Bonchev–Trinajstić information content (AvgIpc) is 3.21. The maximum absolute atomic E-state index is 13.4. The van der Waals surface area contributed by atoms with E-state index in [4.69, 9.17) is 0 Å². The second kappa shape index (κ2) is 7.19. The topological polar surface area (TPSA) is 30.2 Å². The van der Waals surface area contributed by atoms with E-state index >= 15 is 0 Å². The Morgan fingerprint density at radius 3 is 2.36 bits per heavy atom. The molecule has 0 spiro atoms. The first kappa shape index (κ1) is 18.4. The summed E-state index contributed by atoms with van der Waals surface area (Å²) in [7, 11) is 2.00. The van der Waals surface area contributed by atoms with E-state index in [1.54, 1.807) is 0 Å². The van der Waals surface area contributed by atoms with E-state index in [1.165, 1.54) is 10.9 Å². The van der Waals surface area contributed by atoms with Gasteiger partial charge in [0.15, 0.2) is 0 Å². The van der Waals surface area contributed by atoms with Crippen LogP contribution in [0.2, 0.25) is 0 Å². The summed E-state index contributed by atoms with van der Waals surface area (Å²) in [6, 6.07) is 21.0. The number of fused-ring (bicyclic) bond motifs is 3. The maximum Gasteiger partial charge on any atom is 0.270 e. The lowest BCUT2D eigenvalue weighted by molar-refractivity contribution is 0.0743. The molecule has 0 bridgehead atoms. The number of aryl methyl sites for hydroxylation is 1. The molecule has 0 radical (unpaired) electrons. The molecule has 0 unspecified atom stereocenters. The van der Waals surface area contributed by atoms with Gasteiger partial charge >= 0.3 is 0 Å². The monoisotopic (exact) mass is 373 g/mol. The van der Waals surface area contributed by atoms with Crippen molar-refractivity contribution in [3.63, 3.8) is 0 Å². The number of hydrogen-bond donors (Lipinski definition) is 0. The zero-order valence-electron chi connectivity index (χ0n) is 17.0. The van der Waals surface area contributed by atoms with Crippen LogP contribution < -0.4 is 0 Å². The van der Waals surface area contributed by atoms with Gasteiger partial charge in [-0.1, -0.05) is 48.5 Å². The molecular weight excluding hydrogens is 346 g/mol. The zero-order chi connectivity index (χ0) is 19.8. The van der Waals surface area contributed by atoms with Crippen LogP contribution in [-0.2, 0) is 13.6 Å². The second-order valence-corrected chi connectivity index (χ2v) is 7.61. The first-order valence-corrected chi connectivity index (χ1v) is 9.94. The molecule has 0 saturated carbocycles. The molecule has 2 aromatic carbocycles. The van der Waals surface area contributed by atoms with Gasteiger partial charge in [0, 0.05) is 31.6 Å². The fourth-order valence-corrected chi connectivity index (χ4v) is 4.16. The molecule has 28 heavy (non-hydrogen) atoms. The summed E-state index contributed by atoms with van der Waals surface area (Å²) in [4.78, 5) is 15.3. The van der Waals surface area contributed by atoms with Crippen LogP contribution in [0.5, 0.6) is 0 Å². The summed E-state index contributed by atoms with van der Waals surface area (Å²) in [6.45, 7) is 7.71. The van der Waals surface area contributed by atoms with Crippen LogP contribution in [-0.4, -0.2) is 26.5 Å². The molecule has 2 aromatic heterocycles. The van der Waals surface area contributed by atoms with Crippen LogP contribution in [0.1, 0.15) is 42.9 Å². The molecule has 0 aliphatic carbocycles. The van der Waals surface area contributed by atoms with Crippen molar-refractivity contribution in [1.29, 1.82) is 0 Å². The van der Waals surface area contributed by atoms with Crippen LogP contribution in [0.25, 0.3) is 21.9 Å².